The molecule has 40 heavy (non-hydrogen) atoms. The van der Waals surface area contributed by atoms with Gasteiger partial charge in [-0.15, -0.1) is 0 Å². The molecule has 9 heteroatoms. The van der Waals surface area contributed by atoms with Crippen molar-refractivity contribution in [1.82, 2.24) is 14.5 Å². The van der Waals surface area contributed by atoms with E-state index in [0.29, 0.717) is 33.4 Å². The number of carbonyl (C=O) groups is 2. The summed E-state index contributed by atoms with van der Waals surface area (Å²) in [4.78, 5) is 34.8. The van der Waals surface area contributed by atoms with E-state index < -0.39 is 17.9 Å². The lowest BCUT2D eigenvalue weighted by atomic mass is 9.88. The third-order valence-corrected chi connectivity index (χ3v) is 7.94. The van der Waals surface area contributed by atoms with Gasteiger partial charge in [0.25, 0.3) is 0 Å². The highest BCUT2D eigenvalue weighted by Gasteiger charge is 2.40. The van der Waals surface area contributed by atoms with E-state index in [0.717, 1.165) is 22.5 Å². The van der Waals surface area contributed by atoms with Crippen molar-refractivity contribution in [2.24, 2.45) is 0 Å². The van der Waals surface area contributed by atoms with Crippen LogP contribution in [0.3, 0.4) is 0 Å². The maximum atomic E-state index is 14.2. The number of benzene rings is 3. The number of carboxylic acids is 1. The second-order valence-corrected chi connectivity index (χ2v) is 11.2. The summed E-state index contributed by atoms with van der Waals surface area (Å²) in [5.41, 5.74) is 6.37. The van der Waals surface area contributed by atoms with Crippen LogP contribution in [0.2, 0.25) is 10.0 Å². The number of fused-ring (bicyclic) bond motifs is 1. The monoisotopic (exact) mass is 576 g/mol. The van der Waals surface area contributed by atoms with Crippen molar-refractivity contribution in [2.75, 3.05) is 19.0 Å². The molecule has 2 heterocycles. The Balaban J connectivity index is 1.47. The second kappa shape index (κ2) is 11.4. The van der Waals surface area contributed by atoms with Crippen molar-refractivity contribution in [3.8, 4) is 0 Å². The highest BCUT2D eigenvalue weighted by molar-refractivity contribution is 6.30. The van der Waals surface area contributed by atoms with Gasteiger partial charge in [0.1, 0.15) is 6.04 Å². The van der Waals surface area contributed by atoms with E-state index in [-0.39, 0.29) is 18.9 Å². The van der Waals surface area contributed by atoms with Crippen molar-refractivity contribution < 1.29 is 14.7 Å². The summed E-state index contributed by atoms with van der Waals surface area (Å²) in [6, 6.07) is 19.3. The standard InChI is InChI=1S/C31H30Cl2N4O3/c1-19-14-20(4-13-26(19)35(2)3)16-36-18-34-25-17-37(28(31(39)40)15-27(25)36)30(38)29(21-5-9-23(32)10-6-21)22-7-11-24(33)12-8-22/h4-14,18,28-29H,15-17H2,1-3H3,(H,39,40)/t28-/m1/s1. The topological polar surface area (TPSA) is 78.7 Å². The summed E-state index contributed by atoms with van der Waals surface area (Å²) < 4.78 is 1.99. The zero-order chi connectivity index (χ0) is 28.6. The summed E-state index contributed by atoms with van der Waals surface area (Å²) >= 11 is 12.2. The van der Waals surface area contributed by atoms with E-state index in [1.54, 1.807) is 54.9 Å². The number of carboxylic acid groups (broad SMARTS) is 1. The van der Waals surface area contributed by atoms with Gasteiger partial charge < -0.3 is 19.5 Å². The van der Waals surface area contributed by atoms with Crippen LogP contribution in [0.15, 0.2) is 73.1 Å². The maximum absolute atomic E-state index is 14.2. The van der Waals surface area contributed by atoms with Gasteiger partial charge in [-0.1, -0.05) is 59.6 Å². The summed E-state index contributed by atoms with van der Waals surface area (Å²) in [6.07, 6.45) is 1.90. The molecule has 4 aromatic rings. The van der Waals surface area contributed by atoms with E-state index in [4.69, 9.17) is 23.2 Å². The molecule has 1 N–H and O–H groups in total. The number of imidazole rings is 1. The predicted molar refractivity (Wildman–Crippen MR) is 157 cm³/mol. The number of aromatic nitrogens is 2. The molecule has 0 fully saturated rings. The van der Waals surface area contributed by atoms with E-state index in [1.807, 2.05) is 18.7 Å². The van der Waals surface area contributed by atoms with E-state index in [1.165, 1.54) is 4.90 Å². The van der Waals surface area contributed by atoms with Gasteiger partial charge in [0, 0.05) is 48.5 Å². The number of hydrogen-bond donors (Lipinski definition) is 1. The molecule has 0 saturated carbocycles. The van der Waals surface area contributed by atoms with Crippen molar-refractivity contribution in [3.63, 3.8) is 0 Å². The third-order valence-electron chi connectivity index (χ3n) is 7.43. The third kappa shape index (κ3) is 5.58. The zero-order valence-corrected chi connectivity index (χ0v) is 24.0. The number of rotatable bonds is 7. The maximum Gasteiger partial charge on any atom is 0.326 e. The Kier molecular flexibility index (Phi) is 7.88. The second-order valence-electron chi connectivity index (χ2n) is 10.3. The molecule has 1 aliphatic heterocycles. The number of carbonyl (C=O) groups excluding carboxylic acids is 1. The van der Waals surface area contributed by atoms with Gasteiger partial charge in [0.05, 0.1) is 24.5 Å². The Labute approximate surface area is 243 Å². The van der Waals surface area contributed by atoms with E-state index in [9.17, 15) is 14.7 Å². The summed E-state index contributed by atoms with van der Waals surface area (Å²) in [5.74, 6) is -2.09. The minimum absolute atomic E-state index is 0.106. The Morgan fingerprint density at radius 2 is 1.60 bits per heavy atom. The fourth-order valence-corrected chi connectivity index (χ4v) is 5.69. The van der Waals surface area contributed by atoms with E-state index >= 15 is 0 Å². The van der Waals surface area contributed by atoms with Gasteiger partial charge >= 0.3 is 5.97 Å². The minimum Gasteiger partial charge on any atom is -0.480 e. The molecule has 1 amide bonds. The van der Waals surface area contributed by atoms with Crippen LogP contribution in [0.5, 0.6) is 0 Å². The van der Waals surface area contributed by atoms with Crippen LogP contribution in [0.25, 0.3) is 0 Å². The first kappa shape index (κ1) is 27.7. The first-order chi connectivity index (χ1) is 19.1. The number of amides is 1. The molecular formula is C31H30Cl2N4O3. The molecule has 0 radical (unpaired) electrons. The SMILES string of the molecule is Cc1cc(Cn2cnc3c2C[C@H](C(=O)O)N(C(=O)C(c2ccc(Cl)cc2)c2ccc(Cl)cc2)C3)ccc1N(C)C. The van der Waals surface area contributed by atoms with Crippen LogP contribution in [0, 0.1) is 6.92 Å². The van der Waals surface area contributed by atoms with Crippen molar-refractivity contribution in [1.29, 1.82) is 0 Å². The first-order valence-electron chi connectivity index (χ1n) is 13.0. The molecule has 206 valence electrons. The quantitative estimate of drug-likeness (QED) is 0.301. The lowest BCUT2D eigenvalue weighted by Gasteiger charge is -2.35. The van der Waals surface area contributed by atoms with Crippen LogP contribution in [0.4, 0.5) is 5.69 Å². The lowest BCUT2D eigenvalue weighted by molar-refractivity contribution is -0.151. The number of aliphatic carboxylic acids is 1. The Morgan fingerprint density at radius 1 is 1.00 bits per heavy atom. The molecule has 1 atom stereocenters. The zero-order valence-electron chi connectivity index (χ0n) is 22.5. The average molecular weight is 578 g/mol. The smallest absolute Gasteiger partial charge is 0.326 e. The van der Waals surface area contributed by atoms with E-state index in [2.05, 4.69) is 35.0 Å². The number of hydrogen-bond acceptors (Lipinski definition) is 4. The molecule has 0 unspecified atom stereocenters. The van der Waals surface area contributed by atoms with Gasteiger partial charge in [-0.05, 0) is 59.5 Å². The lowest BCUT2D eigenvalue weighted by Crippen LogP contribution is -2.50. The molecule has 3 aromatic carbocycles. The molecule has 5 rings (SSSR count). The number of aryl methyl sites for hydroxylation is 1. The Morgan fingerprint density at radius 3 is 2.12 bits per heavy atom. The number of nitrogens with zero attached hydrogens (tertiary/aromatic N) is 4. The Bertz CT molecular complexity index is 1500. The fraction of sp³-hybridized carbons (Fsp3) is 0.258. The van der Waals surface area contributed by atoms with Crippen molar-refractivity contribution in [2.45, 2.75) is 38.4 Å². The largest absolute Gasteiger partial charge is 0.480 e. The van der Waals surface area contributed by atoms with Crippen LogP contribution in [-0.4, -0.2) is 51.6 Å². The van der Waals surface area contributed by atoms with Gasteiger partial charge in [-0.3, -0.25) is 4.79 Å². The molecule has 1 aromatic heterocycles. The van der Waals surface area contributed by atoms with Crippen LogP contribution < -0.4 is 4.90 Å². The molecular weight excluding hydrogens is 547 g/mol. The highest BCUT2D eigenvalue weighted by Crippen LogP contribution is 2.33. The van der Waals surface area contributed by atoms with Crippen LogP contribution in [-0.2, 0) is 29.1 Å². The fourth-order valence-electron chi connectivity index (χ4n) is 5.44. The molecule has 0 spiro atoms. The molecule has 7 nitrogen and oxygen atoms in total. The molecule has 0 aliphatic carbocycles. The highest BCUT2D eigenvalue weighted by atomic mass is 35.5. The normalized spacial score (nSPS) is 14.8. The van der Waals surface area contributed by atoms with Gasteiger partial charge in [-0.25, -0.2) is 9.78 Å². The van der Waals surface area contributed by atoms with Crippen molar-refractivity contribution >= 4 is 40.8 Å². The number of anilines is 1. The van der Waals surface area contributed by atoms with Crippen LogP contribution in [0.1, 0.15) is 39.6 Å². The molecule has 0 bridgehead atoms. The number of halogens is 2. The first-order valence-corrected chi connectivity index (χ1v) is 13.7. The molecule has 0 saturated heterocycles. The van der Waals surface area contributed by atoms with Gasteiger partial charge in [0.2, 0.25) is 5.91 Å². The summed E-state index contributed by atoms with van der Waals surface area (Å²) in [6.45, 7) is 2.74. The van der Waals surface area contributed by atoms with Gasteiger partial charge in [-0.2, -0.15) is 0 Å². The average Bonchev–Trinajstić information content (AvgIpc) is 3.31. The Hall–Kier alpha value is -3.81. The predicted octanol–water partition coefficient (Wildman–Crippen LogP) is 5.78. The molecule has 1 aliphatic rings. The summed E-state index contributed by atoms with van der Waals surface area (Å²) in [5, 5.41) is 11.4. The minimum atomic E-state index is -1.05. The van der Waals surface area contributed by atoms with Crippen molar-refractivity contribution in [3.05, 3.63) is 117 Å². The van der Waals surface area contributed by atoms with Crippen LogP contribution >= 0.6 is 23.2 Å². The van der Waals surface area contributed by atoms with Gasteiger partial charge in [0.15, 0.2) is 0 Å². The summed E-state index contributed by atoms with van der Waals surface area (Å²) in [7, 11) is 4.02.